The number of morpholine rings is 1. The molecule has 7 heteroatoms. The maximum absolute atomic E-state index is 12.6. The van der Waals surface area contributed by atoms with Crippen LogP contribution in [0.25, 0.3) is 11.0 Å². The summed E-state index contributed by atoms with van der Waals surface area (Å²) in [7, 11) is 0. The molecule has 0 bridgehead atoms. The molecule has 2 aliphatic heterocycles. The van der Waals surface area contributed by atoms with Crippen molar-refractivity contribution in [3.05, 3.63) is 30.1 Å². The molecule has 4 rings (SSSR count). The van der Waals surface area contributed by atoms with E-state index in [9.17, 15) is 4.79 Å². The molecule has 4 heterocycles. The van der Waals surface area contributed by atoms with Crippen LogP contribution in [0.1, 0.15) is 16.9 Å². The first-order valence-electron chi connectivity index (χ1n) is 8.93. The average molecular weight is 344 g/mol. The predicted octanol–water partition coefficient (Wildman–Crippen LogP) is 1.03. The van der Waals surface area contributed by atoms with Crippen LogP contribution in [0.5, 0.6) is 0 Å². The molecule has 2 aromatic rings. The van der Waals surface area contributed by atoms with Gasteiger partial charge in [0.05, 0.1) is 19.8 Å². The second-order valence-corrected chi connectivity index (χ2v) is 6.66. The number of aromatic nitrogens is 2. The number of aromatic amines is 1. The highest BCUT2D eigenvalue weighted by Crippen LogP contribution is 2.22. The number of hydrogen-bond donors (Lipinski definition) is 2. The number of hydrogen-bond acceptors (Lipinski definition) is 5. The van der Waals surface area contributed by atoms with E-state index in [1.807, 2.05) is 18.3 Å². The lowest BCUT2D eigenvalue weighted by Crippen LogP contribution is -2.52. The van der Waals surface area contributed by atoms with Crippen molar-refractivity contribution in [3.8, 4) is 0 Å². The summed E-state index contributed by atoms with van der Waals surface area (Å²) in [6.07, 6.45) is 2.87. The van der Waals surface area contributed by atoms with Gasteiger partial charge in [0.25, 0.3) is 5.91 Å². The number of pyridine rings is 1. The lowest BCUT2D eigenvalue weighted by Gasteiger charge is -2.37. The van der Waals surface area contributed by atoms with Crippen molar-refractivity contribution in [1.29, 1.82) is 0 Å². The van der Waals surface area contributed by atoms with Gasteiger partial charge in [-0.25, -0.2) is 4.98 Å². The van der Waals surface area contributed by atoms with Gasteiger partial charge in [-0.05, 0) is 24.6 Å². The molecule has 7 nitrogen and oxygen atoms in total. The third kappa shape index (κ3) is 3.68. The first kappa shape index (κ1) is 16.5. The minimum Gasteiger partial charge on any atom is -0.381 e. The molecular weight excluding hydrogens is 320 g/mol. The summed E-state index contributed by atoms with van der Waals surface area (Å²) in [5.74, 6) is 0.325. The fourth-order valence-electron chi connectivity index (χ4n) is 3.70. The summed E-state index contributed by atoms with van der Waals surface area (Å²) in [5.41, 5.74) is 1.18. The van der Waals surface area contributed by atoms with Gasteiger partial charge in [0.2, 0.25) is 0 Å². The Morgan fingerprint density at radius 3 is 2.96 bits per heavy atom. The van der Waals surface area contributed by atoms with Gasteiger partial charge in [0.15, 0.2) is 0 Å². The first-order valence-corrected chi connectivity index (χ1v) is 8.93. The highest BCUT2D eigenvalue weighted by atomic mass is 16.5. The van der Waals surface area contributed by atoms with Crippen molar-refractivity contribution in [1.82, 2.24) is 20.2 Å². The summed E-state index contributed by atoms with van der Waals surface area (Å²) in [5, 5.41) is 4.08. The molecule has 25 heavy (non-hydrogen) atoms. The zero-order chi connectivity index (χ0) is 17.1. The van der Waals surface area contributed by atoms with Crippen LogP contribution >= 0.6 is 0 Å². The summed E-state index contributed by atoms with van der Waals surface area (Å²) in [4.78, 5) is 22.4. The molecule has 2 atom stereocenters. The second kappa shape index (κ2) is 7.51. The zero-order valence-electron chi connectivity index (χ0n) is 14.2. The Morgan fingerprint density at radius 1 is 1.28 bits per heavy atom. The fourth-order valence-corrected chi connectivity index (χ4v) is 3.70. The Balaban J connectivity index is 1.43. The smallest absolute Gasteiger partial charge is 0.270 e. The van der Waals surface area contributed by atoms with E-state index in [1.165, 1.54) is 0 Å². The van der Waals surface area contributed by atoms with E-state index in [-0.39, 0.29) is 11.9 Å². The third-order valence-electron chi connectivity index (χ3n) is 5.14. The second-order valence-electron chi connectivity index (χ2n) is 6.66. The molecule has 0 aliphatic carbocycles. The first-order chi connectivity index (χ1) is 12.3. The molecule has 2 fully saturated rings. The largest absolute Gasteiger partial charge is 0.381 e. The number of H-pyrrole nitrogens is 1. The van der Waals surface area contributed by atoms with Crippen LogP contribution in [-0.2, 0) is 9.47 Å². The van der Waals surface area contributed by atoms with Gasteiger partial charge in [-0.1, -0.05) is 0 Å². The van der Waals surface area contributed by atoms with Gasteiger partial charge in [0, 0.05) is 49.8 Å². The lowest BCUT2D eigenvalue weighted by atomic mass is 9.97. The Bertz CT molecular complexity index is 720. The average Bonchev–Trinajstić information content (AvgIpc) is 3.34. The van der Waals surface area contributed by atoms with Gasteiger partial charge < -0.3 is 19.8 Å². The molecule has 1 amide bonds. The quantitative estimate of drug-likeness (QED) is 0.847. The molecule has 0 unspecified atom stereocenters. The fraction of sp³-hybridized carbons (Fsp3) is 0.556. The number of rotatable bonds is 5. The molecule has 2 N–H and O–H groups in total. The van der Waals surface area contributed by atoms with Gasteiger partial charge in [-0.15, -0.1) is 0 Å². The van der Waals surface area contributed by atoms with Crippen LogP contribution in [0.15, 0.2) is 24.4 Å². The molecule has 0 saturated carbocycles. The van der Waals surface area contributed by atoms with Crippen molar-refractivity contribution in [3.63, 3.8) is 0 Å². The van der Waals surface area contributed by atoms with Crippen molar-refractivity contribution in [2.24, 2.45) is 5.92 Å². The van der Waals surface area contributed by atoms with E-state index in [0.717, 1.165) is 57.0 Å². The van der Waals surface area contributed by atoms with Crippen LogP contribution in [0.2, 0.25) is 0 Å². The van der Waals surface area contributed by atoms with Gasteiger partial charge >= 0.3 is 0 Å². The van der Waals surface area contributed by atoms with Gasteiger partial charge in [0.1, 0.15) is 11.3 Å². The monoisotopic (exact) mass is 344 g/mol. The standard InChI is InChI=1S/C18H24N4O3/c23-18(15-2-1-13-3-5-19-17(13)21-15)20-11-16(14-4-8-25-12-14)22-6-9-24-10-7-22/h1-3,5,14,16H,4,6-12H2,(H,19,21)(H,20,23)/t14-,16-/m1/s1. The topological polar surface area (TPSA) is 79.5 Å². The number of amides is 1. The number of fused-ring (bicyclic) bond motifs is 1. The predicted molar refractivity (Wildman–Crippen MR) is 93.5 cm³/mol. The SMILES string of the molecule is O=C(NC[C@H]([C@@H]1CCOC1)N1CCOCC1)c1ccc2cc[nH]c2n1. The van der Waals surface area contributed by atoms with Crippen molar-refractivity contribution >= 4 is 16.9 Å². The highest BCUT2D eigenvalue weighted by molar-refractivity contribution is 5.94. The maximum Gasteiger partial charge on any atom is 0.270 e. The van der Waals surface area contributed by atoms with Crippen LogP contribution in [0.3, 0.4) is 0 Å². The Morgan fingerprint density at radius 2 is 2.16 bits per heavy atom. The Labute approximate surface area is 146 Å². The maximum atomic E-state index is 12.6. The van der Waals surface area contributed by atoms with Crippen LogP contribution < -0.4 is 5.32 Å². The molecular formula is C18H24N4O3. The summed E-state index contributed by atoms with van der Waals surface area (Å²) in [6, 6.07) is 5.91. The van der Waals surface area contributed by atoms with Gasteiger partial charge in [-0.3, -0.25) is 9.69 Å². The summed E-state index contributed by atoms with van der Waals surface area (Å²) >= 11 is 0. The van der Waals surface area contributed by atoms with E-state index < -0.39 is 0 Å². The molecule has 2 aliphatic rings. The summed E-state index contributed by atoms with van der Waals surface area (Å²) < 4.78 is 11.0. The van der Waals surface area contributed by atoms with Crippen molar-refractivity contribution < 1.29 is 14.3 Å². The Kier molecular flexibility index (Phi) is 4.96. The van der Waals surface area contributed by atoms with Crippen molar-refractivity contribution in [2.75, 3.05) is 46.1 Å². The third-order valence-corrected chi connectivity index (χ3v) is 5.14. The van der Waals surface area contributed by atoms with E-state index >= 15 is 0 Å². The lowest BCUT2D eigenvalue weighted by molar-refractivity contribution is 0.00165. The van der Waals surface area contributed by atoms with E-state index in [2.05, 4.69) is 20.2 Å². The van der Waals surface area contributed by atoms with Crippen LogP contribution in [0, 0.1) is 5.92 Å². The van der Waals surface area contributed by atoms with Gasteiger partial charge in [-0.2, -0.15) is 0 Å². The van der Waals surface area contributed by atoms with E-state index in [1.54, 1.807) is 6.07 Å². The molecule has 134 valence electrons. The number of carbonyl (C=O) groups excluding carboxylic acids is 1. The molecule has 0 radical (unpaired) electrons. The van der Waals surface area contributed by atoms with Crippen LogP contribution in [-0.4, -0.2) is 72.9 Å². The molecule has 2 saturated heterocycles. The zero-order valence-corrected chi connectivity index (χ0v) is 14.2. The minimum absolute atomic E-state index is 0.131. The highest BCUT2D eigenvalue weighted by Gasteiger charge is 2.31. The number of ether oxygens (including phenoxy) is 2. The van der Waals surface area contributed by atoms with E-state index in [4.69, 9.17) is 9.47 Å². The van der Waals surface area contributed by atoms with E-state index in [0.29, 0.717) is 18.2 Å². The Hall–Kier alpha value is -1.96. The number of carbonyl (C=O) groups is 1. The summed E-state index contributed by atoms with van der Waals surface area (Å²) in [6.45, 7) is 5.51. The number of nitrogens with one attached hydrogen (secondary N) is 2. The minimum atomic E-state index is -0.131. The van der Waals surface area contributed by atoms with Crippen LogP contribution in [0.4, 0.5) is 0 Å². The number of nitrogens with zero attached hydrogens (tertiary/aromatic N) is 2. The molecule has 0 spiro atoms. The molecule has 0 aromatic carbocycles. The normalized spacial score (nSPS) is 23.0. The van der Waals surface area contributed by atoms with Crippen molar-refractivity contribution in [2.45, 2.75) is 12.5 Å². The molecule has 2 aromatic heterocycles.